The normalized spacial score (nSPS) is 16.1. The topological polar surface area (TPSA) is 72.7 Å². The molecule has 2 aromatic carbocycles. The molecule has 1 unspecified atom stereocenters. The fourth-order valence-electron chi connectivity index (χ4n) is 4.00. The summed E-state index contributed by atoms with van der Waals surface area (Å²) in [5.74, 6) is 1.87. The number of aromatic nitrogens is 2. The highest BCUT2D eigenvalue weighted by Crippen LogP contribution is 2.40. The number of rotatable bonds is 7. The molecule has 0 bridgehead atoms. The van der Waals surface area contributed by atoms with Crippen molar-refractivity contribution in [2.45, 2.75) is 26.8 Å². The van der Waals surface area contributed by atoms with Crippen LogP contribution in [0.3, 0.4) is 0 Å². The van der Waals surface area contributed by atoms with E-state index in [2.05, 4.69) is 29.3 Å². The van der Waals surface area contributed by atoms with Gasteiger partial charge in [0.25, 0.3) is 5.89 Å². The Labute approximate surface area is 203 Å². The largest absolute Gasteiger partial charge is 0.493 e. The molecule has 1 atom stereocenters. The fraction of sp³-hybridized carbons (Fsp3) is 0.320. The van der Waals surface area contributed by atoms with Crippen LogP contribution in [0, 0.1) is 11.7 Å². The van der Waals surface area contributed by atoms with E-state index in [0.717, 1.165) is 23.4 Å². The van der Waals surface area contributed by atoms with Gasteiger partial charge in [0.1, 0.15) is 5.82 Å². The van der Waals surface area contributed by atoms with Crippen LogP contribution < -0.4 is 14.8 Å². The number of ether oxygens (including phenoxy) is 2. The van der Waals surface area contributed by atoms with Crippen LogP contribution in [-0.4, -0.2) is 40.9 Å². The van der Waals surface area contributed by atoms with Crippen molar-refractivity contribution >= 4 is 22.9 Å². The lowest BCUT2D eigenvalue weighted by Gasteiger charge is -2.38. The van der Waals surface area contributed by atoms with Gasteiger partial charge in [-0.1, -0.05) is 37.2 Å². The summed E-state index contributed by atoms with van der Waals surface area (Å²) < 4.78 is 30.4. The van der Waals surface area contributed by atoms with E-state index in [1.165, 1.54) is 12.1 Å². The summed E-state index contributed by atoms with van der Waals surface area (Å²) in [6.07, 6.45) is 0. The second-order valence-corrected chi connectivity index (χ2v) is 8.82. The first-order valence-corrected chi connectivity index (χ1v) is 11.3. The van der Waals surface area contributed by atoms with Gasteiger partial charge in [-0.15, -0.1) is 0 Å². The van der Waals surface area contributed by atoms with E-state index in [0.29, 0.717) is 39.8 Å². The SMILES string of the molecule is COc1ccc(C2NC(=S)N(CC(C)C)C(C)=C2c2nc(-c3cccc(F)c3)no2)cc1OC. The van der Waals surface area contributed by atoms with E-state index < -0.39 is 0 Å². The minimum Gasteiger partial charge on any atom is -0.493 e. The molecule has 178 valence electrons. The Morgan fingerprint density at radius 3 is 2.59 bits per heavy atom. The molecule has 3 aromatic rings. The molecular formula is C25H27FN4O3S. The third kappa shape index (κ3) is 4.61. The summed E-state index contributed by atoms with van der Waals surface area (Å²) in [6.45, 7) is 6.98. The standard InChI is InChI=1S/C25H27FN4O3S/c1-14(2)13-30-15(3)21(24-28-23(29-33-24)17-7-6-8-18(26)11-17)22(27-25(30)34)16-9-10-19(31-4)20(12-16)32-5/h6-12,14,22H,13H2,1-5H3,(H,27,34). The molecule has 1 aliphatic rings. The summed E-state index contributed by atoms with van der Waals surface area (Å²) in [7, 11) is 3.19. The molecule has 2 heterocycles. The third-order valence-electron chi connectivity index (χ3n) is 5.62. The van der Waals surface area contributed by atoms with Crippen LogP contribution in [0.5, 0.6) is 11.5 Å². The first-order valence-electron chi connectivity index (χ1n) is 10.9. The first kappa shape index (κ1) is 23.7. The van der Waals surface area contributed by atoms with Gasteiger partial charge in [0, 0.05) is 17.8 Å². The number of hydrogen-bond acceptors (Lipinski definition) is 6. The van der Waals surface area contributed by atoms with Crippen molar-refractivity contribution in [2.75, 3.05) is 20.8 Å². The van der Waals surface area contributed by atoms with Gasteiger partial charge in [-0.2, -0.15) is 4.98 Å². The molecule has 7 nitrogen and oxygen atoms in total. The lowest BCUT2D eigenvalue weighted by Crippen LogP contribution is -2.47. The van der Waals surface area contributed by atoms with Gasteiger partial charge in [-0.3, -0.25) is 0 Å². The number of hydrogen-bond donors (Lipinski definition) is 1. The molecule has 0 spiro atoms. The maximum Gasteiger partial charge on any atom is 0.258 e. The minimum atomic E-state index is -0.366. The second-order valence-electron chi connectivity index (χ2n) is 8.43. The Balaban J connectivity index is 1.83. The van der Waals surface area contributed by atoms with Crippen LogP contribution in [0.25, 0.3) is 17.0 Å². The smallest absolute Gasteiger partial charge is 0.258 e. The summed E-state index contributed by atoms with van der Waals surface area (Å²) >= 11 is 5.72. The highest BCUT2D eigenvalue weighted by atomic mass is 32.1. The number of methoxy groups -OCH3 is 2. The van der Waals surface area contributed by atoms with Crippen molar-refractivity contribution in [3.63, 3.8) is 0 Å². The van der Waals surface area contributed by atoms with Gasteiger partial charge < -0.3 is 24.2 Å². The van der Waals surface area contributed by atoms with Crippen LogP contribution in [0.2, 0.25) is 0 Å². The summed E-state index contributed by atoms with van der Waals surface area (Å²) in [5.41, 5.74) is 3.13. The second kappa shape index (κ2) is 9.80. The van der Waals surface area contributed by atoms with Crippen LogP contribution >= 0.6 is 12.2 Å². The predicted molar refractivity (Wildman–Crippen MR) is 132 cm³/mol. The highest BCUT2D eigenvalue weighted by Gasteiger charge is 2.34. The van der Waals surface area contributed by atoms with Gasteiger partial charge in [0.2, 0.25) is 5.82 Å². The van der Waals surface area contributed by atoms with E-state index >= 15 is 0 Å². The fourth-order valence-corrected chi connectivity index (χ4v) is 4.33. The number of thiocarbonyl (C=S) groups is 1. The third-order valence-corrected chi connectivity index (χ3v) is 5.96. The molecule has 1 aromatic heterocycles. The van der Waals surface area contributed by atoms with E-state index in [-0.39, 0.29) is 11.9 Å². The van der Waals surface area contributed by atoms with Gasteiger partial charge in [0.15, 0.2) is 16.6 Å². The number of halogens is 1. The predicted octanol–water partition coefficient (Wildman–Crippen LogP) is 5.21. The molecular weight excluding hydrogens is 455 g/mol. The Morgan fingerprint density at radius 1 is 1.15 bits per heavy atom. The van der Waals surface area contributed by atoms with Gasteiger partial charge >= 0.3 is 0 Å². The maximum absolute atomic E-state index is 13.8. The van der Waals surface area contributed by atoms with Gasteiger partial charge in [0.05, 0.1) is 25.8 Å². The zero-order valence-electron chi connectivity index (χ0n) is 19.8. The molecule has 0 aliphatic carbocycles. The van der Waals surface area contributed by atoms with Crippen LogP contribution in [0.4, 0.5) is 4.39 Å². The summed E-state index contributed by atoms with van der Waals surface area (Å²) in [5, 5.41) is 8.16. The molecule has 4 rings (SSSR count). The maximum atomic E-state index is 13.8. The van der Waals surface area contributed by atoms with Gasteiger partial charge in [-0.05, 0) is 54.9 Å². The van der Waals surface area contributed by atoms with Gasteiger partial charge in [-0.25, -0.2) is 4.39 Å². The molecule has 0 saturated heterocycles. The highest BCUT2D eigenvalue weighted by molar-refractivity contribution is 7.80. The zero-order chi connectivity index (χ0) is 24.4. The van der Waals surface area contributed by atoms with E-state index in [1.54, 1.807) is 26.4 Å². The Kier molecular flexibility index (Phi) is 6.83. The number of nitrogens with zero attached hydrogens (tertiary/aromatic N) is 3. The average molecular weight is 483 g/mol. The van der Waals surface area contributed by atoms with Crippen molar-refractivity contribution in [3.8, 4) is 22.9 Å². The van der Waals surface area contributed by atoms with Crippen molar-refractivity contribution in [1.82, 2.24) is 20.4 Å². The molecule has 0 saturated carbocycles. The quantitative estimate of drug-likeness (QED) is 0.460. The zero-order valence-corrected chi connectivity index (χ0v) is 20.6. The molecule has 0 radical (unpaired) electrons. The first-order chi connectivity index (χ1) is 16.3. The Morgan fingerprint density at radius 2 is 1.91 bits per heavy atom. The monoisotopic (exact) mass is 482 g/mol. The minimum absolute atomic E-state index is 0.310. The van der Waals surface area contributed by atoms with E-state index in [9.17, 15) is 4.39 Å². The van der Waals surface area contributed by atoms with Crippen LogP contribution in [0.15, 0.2) is 52.7 Å². The molecule has 0 amide bonds. The van der Waals surface area contributed by atoms with Crippen molar-refractivity contribution in [1.29, 1.82) is 0 Å². The van der Waals surface area contributed by atoms with Crippen molar-refractivity contribution in [3.05, 3.63) is 65.4 Å². The molecule has 9 heteroatoms. The summed E-state index contributed by atoms with van der Waals surface area (Å²) in [4.78, 5) is 6.66. The van der Waals surface area contributed by atoms with Crippen LogP contribution in [0.1, 0.15) is 38.3 Å². The molecule has 0 fully saturated rings. The molecule has 1 aliphatic heterocycles. The lowest BCUT2D eigenvalue weighted by atomic mass is 9.94. The Bertz CT molecular complexity index is 1240. The van der Waals surface area contributed by atoms with Crippen molar-refractivity contribution in [2.24, 2.45) is 5.92 Å². The molecule has 34 heavy (non-hydrogen) atoms. The lowest BCUT2D eigenvalue weighted by molar-refractivity contribution is 0.354. The van der Waals surface area contributed by atoms with Crippen LogP contribution in [-0.2, 0) is 0 Å². The Hall–Kier alpha value is -3.46. The average Bonchev–Trinajstić information content (AvgIpc) is 3.30. The van der Waals surface area contributed by atoms with E-state index in [1.807, 2.05) is 30.0 Å². The molecule has 1 N–H and O–H groups in total. The summed E-state index contributed by atoms with van der Waals surface area (Å²) in [6, 6.07) is 11.4. The number of benzene rings is 2. The number of allylic oxidation sites excluding steroid dienone is 1. The number of nitrogens with one attached hydrogen (secondary N) is 1. The van der Waals surface area contributed by atoms with E-state index in [4.69, 9.17) is 26.2 Å². The van der Waals surface area contributed by atoms with Crippen molar-refractivity contribution < 1.29 is 18.4 Å².